The van der Waals surface area contributed by atoms with Gasteiger partial charge in [0.2, 0.25) is 0 Å². The average Bonchev–Trinajstić information content (AvgIpc) is 3.01. The van der Waals surface area contributed by atoms with Crippen LogP contribution in [0.3, 0.4) is 0 Å². The fourth-order valence-electron chi connectivity index (χ4n) is 1.33. The lowest BCUT2D eigenvalue weighted by molar-refractivity contribution is 0.151. The van der Waals surface area contributed by atoms with Gasteiger partial charge in [-0.1, -0.05) is 12.1 Å². The minimum absolute atomic E-state index is 0.0933. The fraction of sp³-hybridized carbons (Fsp3) is 0.364. The van der Waals surface area contributed by atoms with Gasteiger partial charge in [0.15, 0.2) is 0 Å². The number of nitrogens with one attached hydrogen (secondary N) is 2. The topological polar surface area (TPSA) is 41.1 Å². The van der Waals surface area contributed by atoms with Gasteiger partial charge in [0.1, 0.15) is 0 Å². The number of amides is 2. The van der Waals surface area contributed by atoms with Crippen LogP contribution in [0.2, 0.25) is 0 Å². The van der Waals surface area contributed by atoms with Crippen LogP contribution in [0.4, 0.5) is 19.3 Å². The summed E-state index contributed by atoms with van der Waals surface area (Å²) in [5.74, 6) is 0. The largest absolute Gasteiger partial charge is 0.335 e. The number of urea groups is 1. The molecule has 1 aliphatic carbocycles. The Kier molecular flexibility index (Phi) is 3.03. The SMILES string of the molecule is O=C(Nc1cccc(C(F)F)c1)NC1CC1. The summed E-state index contributed by atoms with van der Waals surface area (Å²) < 4.78 is 24.8. The van der Waals surface area contributed by atoms with Crippen molar-refractivity contribution in [2.24, 2.45) is 0 Å². The zero-order chi connectivity index (χ0) is 11.5. The van der Waals surface area contributed by atoms with Gasteiger partial charge in [-0.05, 0) is 25.0 Å². The Bertz CT molecular complexity index is 391. The van der Waals surface area contributed by atoms with Gasteiger partial charge in [0.05, 0.1) is 0 Å². The first-order valence-electron chi connectivity index (χ1n) is 5.11. The standard InChI is InChI=1S/C11H12F2N2O/c12-10(13)7-2-1-3-9(6-7)15-11(16)14-8-4-5-8/h1-3,6,8,10H,4-5H2,(H2,14,15,16). The second-order valence-corrected chi connectivity index (χ2v) is 3.80. The van der Waals surface area contributed by atoms with E-state index in [2.05, 4.69) is 10.6 Å². The molecule has 2 amide bonds. The number of rotatable bonds is 3. The molecule has 2 N–H and O–H groups in total. The highest BCUT2D eigenvalue weighted by atomic mass is 19.3. The average molecular weight is 226 g/mol. The highest BCUT2D eigenvalue weighted by molar-refractivity contribution is 5.89. The third kappa shape index (κ3) is 2.92. The Hall–Kier alpha value is -1.65. The molecule has 0 bridgehead atoms. The Morgan fingerprint density at radius 3 is 2.75 bits per heavy atom. The highest BCUT2D eigenvalue weighted by Gasteiger charge is 2.23. The quantitative estimate of drug-likeness (QED) is 0.817. The number of anilines is 1. The van der Waals surface area contributed by atoms with E-state index >= 15 is 0 Å². The van der Waals surface area contributed by atoms with Crippen LogP contribution < -0.4 is 10.6 Å². The minimum Gasteiger partial charge on any atom is -0.335 e. The van der Waals surface area contributed by atoms with Gasteiger partial charge in [-0.15, -0.1) is 0 Å². The summed E-state index contributed by atoms with van der Waals surface area (Å²) in [7, 11) is 0. The third-order valence-electron chi connectivity index (χ3n) is 2.31. The monoisotopic (exact) mass is 226 g/mol. The number of halogens is 2. The van der Waals surface area contributed by atoms with Crippen molar-refractivity contribution in [3.63, 3.8) is 0 Å². The fourth-order valence-corrected chi connectivity index (χ4v) is 1.33. The Morgan fingerprint density at radius 1 is 1.38 bits per heavy atom. The van der Waals surface area contributed by atoms with Crippen LogP contribution >= 0.6 is 0 Å². The van der Waals surface area contributed by atoms with Gasteiger partial charge < -0.3 is 10.6 Å². The molecular formula is C11H12F2N2O. The van der Waals surface area contributed by atoms with E-state index in [1.165, 1.54) is 18.2 Å². The van der Waals surface area contributed by atoms with Crippen LogP contribution in [0, 0.1) is 0 Å². The molecule has 0 spiro atoms. The summed E-state index contributed by atoms with van der Waals surface area (Å²) in [6, 6.07) is 5.59. The molecule has 0 atom stereocenters. The zero-order valence-electron chi connectivity index (χ0n) is 8.54. The molecule has 0 aromatic heterocycles. The lowest BCUT2D eigenvalue weighted by Crippen LogP contribution is -2.30. The number of benzene rings is 1. The van der Waals surface area contributed by atoms with Gasteiger partial charge >= 0.3 is 6.03 Å². The van der Waals surface area contributed by atoms with Crippen molar-refractivity contribution in [1.82, 2.24) is 5.32 Å². The Labute approximate surface area is 91.8 Å². The van der Waals surface area contributed by atoms with Crippen molar-refractivity contribution in [1.29, 1.82) is 0 Å². The minimum atomic E-state index is -2.52. The van der Waals surface area contributed by atoms with Crippen LogP contribution in [-0.2, 0) is 0 Å². The van der Waals surface area contributed by atoms with Crippen molar-refractivity contribution in [3.8, 4) is 0 Å². The van der Waals surface area contributed by atoms with Gasteiger partial charge in [-0.3, -0.25) is 0 Å². The molecule has 1 aromatic carbocycles. The number of hydrogen-bond acceptors (Lipinski definition) is 1. The predicted octanol–water partition coefficient (Wildman–Crippen LogP) is 2.91. The molecule has 86 valence electrons. The van der Waals surface area contributed by atoms with E-state index in [1.807, 2.05) is 0 Å². The first-order chi connectivity index (χ1) is 7.65. The molecule has 2 rings (SSSR count). The molecule has 1 saturated carbocycles. The van der Waals surface area contributed by atoms with E-state index in [0.717, 1.165) is 12.8 Å². The summed E-state index contributed by atoms with van der Waals surface area (Å²) in [6.45, 7) is 0. The maximum absolute atomic E-state index is 12.4. The van der Waals surface area contributed by atoms with Gasteiger partial charge in [0, 0.05) is 17.3 Å². The Balaban J connectivity index is 1.97. The number of carbonyl (C=O) groups is 1. The molecule has 1 aromatic rings. The summed E-state index contributed by atoms with van der Waals surface area (Å²) in [5, 5.41) is 5.24. The van der Waals surface area contributed by atoms with Gasteiger partial charge in [-0.25, -0.2) is 13.6 Å². The van der Waals surface area contributed by atoms with Gasteiger partial charge in [-0.2, -0.15) is 0 Å². The van der Waals surface area contributed by atoms with Crippen LogP contribution in [0.25, 0.3) is 0 Å². The van der Waals surface area contributed by atoms with Crippen LogP contribution in [-0.4, -0.2) is 12.1 Å². The number of hydrogen-bond donors (Lipinski definition) is 2. The highest BCUT2D eigenvalue weighted by Crippen LogP contribution is 2.22. The molecule has 0 aliphatic heterocycles. The van der Waals surface area contributed by atoms with E-state index in [-0.39, 0.29) is 17.6 Å². The van der Waals surface area contributed by atoms with Crippen molar-refractivity contribution in [2.45, 2.75) is 25.3 Å². The lowest BCUT2D eigenvalue weighted by Gasteiger charge is -2.07. The normalized spacial score (nSPS) is 14.9. The summed E-state index contributed by atoms with van der Waals surface area (Å²) in [4.78, 5) is 11.3. The van der Waals surface area contributed by atoms with Gasteiger partial charge in [0.25, 0.3) is 6.43 Å². The number of carbonyl (C=O) groups excluding carboxylic acids is 1. The zero-order valence-corrected chi connectivity index (χ0v) is 8.54. The molecule has 3 nitrogen and oxygen atoms in total. The van der Waals surface area contributed by atoms with Crippen molar-refractivity contribution < 1.29 is 13.6 Å². The van der Waals surface area contributed by atoms with E-state index in [1.54, 1.807) is 6.07 Å². The summed E-state index contributed by atoms with van der Waals surface area (Å²) >= 11 is 0. The lowest BCUT2D eigenvalue weighted by atomic mass is 10.2. The maximum Gasteiger partial charge on any atom is 0.319 e. The number of alkyl halides is 2. The Morgan fingerprint density at radius 2 is 2.12 bits per heavy atom. The summed E-state index contributed by atoms with van der Waals surface area (Å²) in [5.41, 5.74) is 0.292. The molecule has 0 saturated heterocycles. The van der Waals surface area contributed by atoms with E-state index in [0.29, 0.717) is 5.69 Å². The molecule has 0 unspecified atom stereocenters. The molecule has 1 aliphatic rings. The van der Waals surface area contributed by atoms with E-state index < -0.39 is 6.43 Å². The van der Waals surface area contributed by atoms with Crippen molar-refractivity contribution in [2.75, 3.05) is 5.32 Å². The summed E-state index contributed by atoms with van der Waals surface area (Å²) in [6.07, 6.45) is -0.539. The smallest absolute Gasteiger partial charge is 0.319 e. The maximum atomic E-state index is 12.4. The molecule has 16 heavy (non-hydrogen) atoms. The first-order valence-corrected chi connectivity index (χ1v) is 5.11. The molecule has 0 heterocycles. The predicted molar refractivity (Wildman–Crippen MR) is 56.6 cm³/mol. The van der Waals surface area contributed by atoms with E-state index in [4.69, 9.17) is 0 Å². The molecule has 0 radical (unpaired) electrons. The van der Waals surface area contributed by atoms with Crippen LogP contribution in [0.1, 0.15) is 24.8 Å². The van der Waals surface area contributed by atoms with Crippen molar-refractivity contribution >= 4 is 11.7 Å². The van der Waals surface area contributed by atoms with Crippen LogP contribution in [0.5, 0.6) is 0 Å². The first kappa shape index (κ1) is 10.9. The molecular weight excluding hydrogens is 214 g/mol. The second kappa shape index (κ2) is 4.47. The van der Waals surface area contributed by atoms with Crippen LogP contribution in [0.15, 0.2) is 24.3 Å². The van der Waals surface area contributed by atoms with E-state index in [9.17, 15) is 13.6 Å². The molecule has 1 fully saturated rings. The van der Waals surface area contributed by atoms with Crippen molar-refractivity contribution in [3.05, 3.63) is 29.8 Å². The third-order valence-corrected chi connectivity index (χ3v) is 2.31. The second-order valence-electron chi connectivity index (χ2n) is 3.80. The molecule has 5 heteroatoms.